The highest BCUT2D eigenvalue weighted by Gasteiger charge is 2.23. The molecule has 1 aliphatic heterocycles. The third-order valence-corrected chi connectivity index (χ3v) is 6.87. The summed E-state index contributed by atoms with van der Waals surface area (Å²) in [4.78, 5) is 31.3. The van der Waals surface area contributed by atoms with Crippen molar-refractivity contribution < 1.29 is 14.3 Å². The van der Waals surface area contributed by atoms with Crippen LogP contribution < -0.4 is 10.6 Å². The molecule has 2 N–H and O–H groups in total. The Bertz CT molecular complexity index is 1450. The first kappa shape index (κ1) is 24.7. The molecule has 188 valence electrons. The fraction of sp³-hybridized carbons (Fsp3) is 0.207. The topological polar surface area (TPSA) is 83.6 Å². The fourth-order valence-corrected chi connectivity index (χ4v) is 4.85. The molecule has 1 amide bonds. The van der Waals surface area contributed by atoms with E-state index >= 15 is 0 Å². The molecule has 1 aliphatic rings. The summed E-state index contributed by atoms with van der Waals surface area (Å²) in [6.45, 7) is 2.62. The molecule has 37 heavy (non-hydrogen) atoms. The number of anilines is 2. The first-order valence-corrected chi connectivity index (χ1v) is 12.5. The number of hydrogen-bond donors (Lipinski definition) is 2. The molecule has 1 aromatic heterocycles. The molecule has 1 saturated heterocycles. The Morgan fingerprint density at radius 1 is 1.05 bits per heavy atom. The predicted molar refractivity (Wildman–Crippen MR) is 146 cm³/mol. The van der Waals surface area contributed by atoms with E-state index in [1.807, 2.05) is 36.7 Å². The number of carbonyl (C=O) groups excluding carboxylic acids is 2. The Labute approximate surface area is 220 Å². The summed E-state index contributed by atoms with van der Waals surface area (Å²) in [5.41, 5.74) is 3.37. The van der Waals surface area contributed by atoms with Gasteiger partial charge in [0.25, 0.3) is 5.91 Å². The van der Waals surface area contributed by atoms with Crippen LogP contribution in [0.5, 0.6) is 0 Å². The van der Waals surface area contributed by atoms with Gasteiger partial charge in [0.15, 0.2) is 0 Å². The van der Waals surface area contributed by atoms with Gasteiger partial charge in [-0.3, -0.25) is 14.7 Å². The van der Waals surface area contributed by atoms with E-state index < -0.39 is 5.97 Å². The lowest BCUT2D eigenvalue weighted by molar-refractivity contribution is 0.0600. The number of esters is 1. The quantitative estimate of drug-likeness (QED) is 0.312. The number of amides is 1. The predicted octanol–water partition coefficient (Wildman–Crippen LogP) is 5.61. The third kappa shape index (κ3) is 5.74. The van der Waals surface area contributed by atoms with Crippen molar-refractivity contribution in [3.05, 3.63) is 101 Å². The van der Waals surface area contributed by atoms with E-state index in [2.05, 4.69) is 32.7 Å². The zero-order valence-corrected chi connectivity index (χ0v) is 21.2. The van der Waals surface area contributed by atoms with Gasteiger partial charge in [0.05, 0.1) is 23.4 Å². The van der Waals surface area contributed by atoms with Gasteiger partial charge in [-0.05, 0) is 54.4 Å². The van der Waals surface area contributed by atoms with Gasteiger partial charge < -0.3 is 15.4 Å². The lowest BCUT2D eigenvalue weighted by Gasteiger charge is -2.19. The number of nitrogens with one attached hydrogen (secondary N) is 2. The second-order valence-electron chi connectivity index (χ2n) is 9.11. The summed E-state index contributed by atoms with van der Waals surface area (Å²) in [5.74, 6) is -0.842. The number of methoxy groups -OCH3 is 1. The van der Waals surface area contributed by atoms with Crippen molar-refractivity contribution in [1.82, 2.24) is 9.88 Å². The summed E-state index contributed by atoms with van der Waals surface area (Å²) in [5, 5.41) is 9.32. The Morgan fingerprint density at radius 2 is 1.89 bits per heavy atom. The molecular weight excluding hydrogens is 488 g/mol. The van der Waals surface area contributed by atoms with E-state index in [9.17, 15) is 9.59 Å². The minimum Gasteiger partial charge on any atom is -0.465 e. The van der Waals surface area contributed by atoms with Gasteiger partial charge in [-0.2, -0.15) is 0 Å². The van der Waals surface area contributed by atoms with E-state index in [1.54, 1.807) is 24.3 Å². The molecule has 8 heteroatoms. The van der Waals surface area contributed by atoms with Crippen LogP contribution in [0.1, 0.15) is 32.7 Å². The van der Waals surface area contributed by atoms with Crippen molar-refractivity contribution in [3.63, 3.8) is 0 Å². The molecular formula is C29H27ClN4O3. The molecule has 5 rings (SSSR count). The highest BCUT2D eigenvalue weighted by Crippen LogP contribution is 2.27. The maximum absolute atomic E-state index is 12.9. The van der Waals surface area contributed by atoms with Crippen LogP contribution >= 0.6 is 11.6 Å². The number of hydrogen-bond acceptors (Lipinski definition) is 6. The van der Waals surface area contributed by atoms with Gasteiger partial charge in [-0.1, -0.05) is 35.9 Å². The lowest BCUT2D eigenvalue weighted by Crippen LogP contribution is -2.26. The van der Waals surface area contributed by atoms with E-state index in [1.165, 1.54) is 18.6 Å². The van der Waals surface area contributed by atoms with Crippen LogP contribution in [0, 0.1) is 0 Å². The molecule has 0 saturated carbocycles. The number of halogens is 1. The smallest absolute Gasteiger partial charge is 0.337 e. The molecule has 0 bridgehead atoms. The average Bonchev–Trinajstić information content (AvgIpc) is 3.37. The van der Waals surface area contributed by atoms with E-state index in [0.717, 1.165) is 42.7 Å². The molecule has 0 radical (unpaired) electrons. The van der Waals surface area contributed by atoms with E-state index in [4.69, 9.17) is 16.3 Å². The van der Waals surface area contributed by atoms with Crippen molar-refractivity contribution in [1.29, 1.82) is 0 Å². The Hall–Kier alpha value is -3.94. The van der Waals surface area contributed by atoms with Crippen molar-refractivity contribution in [2.75, 3.05) is 30.8 Å². The maximum atomic E-state index is 12.9. The summed E-state index contributed by atoms with van der Waals surface area (Å²) >= 11 is 6.39. The Morgan fingerprint density at radius 3 is 2.76 bits per heavy atom. The SMILES string of the molecule is COC(=O)c1cccc(C(=O)Nc2cc(CN3CCC(Nc4cccc5cnccc45)C3)ccc2Cl)c1. The van der Waals surface area contributed by atoms with E-state index in [-0.39, 0.29) is 5.91 Å². The van der Waals surface area contributed by atoms with Crippen LogP contribution in [-0.2, 0) is 11.3 Å². The van der Waals surface area contributed by atoms with Gasteiger partial charge >= 0.3 is 5.97 Å². The maximum Gasteiger partial charge on any atom is 0.337 e. The van der Waals surface area contributed by atoms with Gasteiger partial charge in [0.1, 0.15) is 0 Å². The highest BCUT2D eigenvalue weighted by atomic mass is 35.5. The van der Waals surface area contributed by atoms with Crippen molar-refractivity contribution >= 4 is 45.6 Å². The van der Waals surface area contributed by atoms with Crippen LogP contribution in [-0.4, -0.2) is 48.0 Å². The van der Waals surface area contributed by atoms with Crippen LogP contribution in [0.3, 0.4) is 0 Å². The Balaban J connectivity index is 1.23. The summed E-state index contributed by atoms with van der Waals surface area (Å²) in [6.07, 6.45) is 4.74. The third-order valence-electron chi connectivity index (χ3n) is 6.54. The minimum absolute atomic E-state index is 0.312. The normalized spacial score (nSPS) is 15.5. The van der Waals surface area contributed by atoms with Gasteiger partial charge in [-0.15, -0.1) is 0 Å². The molecule has 0 spiro atoms. The van der Waals surface area contributed by atoms with Crippen LogP contribution in [0.25, 0.3) is 10.8 Å². The molecule has 3 aromatic carbocycles. The molecule has 1 unspecified atom stereocenters. The summed E-state index contributed by atoms with van der Waals surface area (Å²) in [7, 11) is 1.31. The van der Waals surface area contributed by atoms with Crippen LogP contribution in [0.4, 0.5) is 11.4 Å². The van der Waals surface area contributed by atoms with Crippen molar-refractivity contribution in [2.24, 2.45) is 0 Å². The molecule has 1 atom stereocenters. The standard InChI is InChI=1S/C29H27ClN4O3/c1-37-29(36)21-5-2-4-20(15-21)28(35)33-27-14-19(8-9-25(27)30)17-34-13-11-23(18-34)32-26-7-3-6-22-16-31-12-10-24(22)26/h2-10,12,14-16,23,32H,11,13,17-18H2,1H3,(H,33,35). The lowest BCUT2D eigenvalue weighted by atomic mass is 10.1. The summed E-state index contributed by atoms with van der Waals surface area (Å²) in [6, 6.07) is 20.7. The second-order valence-corrected chi connectivity index (χ2v) is 9.52. The monoisotopic (exact) mass is 514 g/mol. The van der Waals surface area contributed by atoms with Gasteiger partial charge in [0, 0.05) is 60.1 Å². The number of aromatic nitrogens is 1. The number of rotatable bonds is 7. The highest BCUT2D eigenvalue weighted by molar-refractivity contribution is 6.34. The second kappa shape index (κ2) is 11.0. The van der Waals surface area contributed by atoms with E-state index in [0.29, 0.717) is 27.9 Å². The number of ether oxygens (including phenoxy) is 1. The zero-order valence-electron chi connectivity index (χ0n) is 20.4. The van der Waals surface area contributed by atoms with Crippen LogP contribution in [0.15, 0.2) is 79.1 Å². The molecule has 4 aromatic rings. The number of benzene rings is 3. The summed E-state index contributed by atoms with van der Waals surface area (Å²) < 4.78 is 4.74. The van der Waals surface area contributed by atoms with Crippen LogP contribution in [0.2, 0.25) is 5.02 Å². The first-order valence-electron chi connectivity index (χ1n) is 12.1. The number of pyridine rings is 1. The van der Waals surface area contributed by atoms with Crippen molar-refractivity contribution in [2.45, 2.75) is 19.0 Å². The minimum atomic E-state index is -0.495. The zero-order chi connectivity index (χ0) is 25.8. The molecule has 2 heterocycles. The molecule has 1 fully saturated rings. The molecule has 7 nitrogen and oxygen atoms in total. The number of fused-ring (bicyclic) bond motifs is 1. The average molecular weight is 515 g/mol. The first-order chi connectivity index (χ1) is 18.0. The van der Waals surface area contributed by atoms with Crippen molar-refractivity contribution in [3.8, 4) is 0 Å². The van der Waals surface area contributed by atoms with Gasteiger partial charge in [0.2, 0.25) is 0 Å². The Kier molecular flexibility index (Phi) is 7.35. The largest absolute Gasteiger partial charge is 0.465 e. The molecule has 0 aliphatic carbocycles. The number of likely N-dealkylation sites (tertiary alicyclic amines) is 1. The number of carbonyl (C=O) groups is 2. The number of nitrogens with zero attached hydrogens (tertiary/aromatic N) is 2. The van der Waals surface area contributed by atoms with Gasteiger partial charge in [-0.25, -0.2) is 4.79 Å². The fourth-order valence-electron chi connectivity index (χ4n) is 4.69.